The van der Waals surface area contributed by atoms with Crippen molar-refractivity contribution in [2.24, 2.45) is 5.73 Å². The molecule has 2 N–H and O–H groups in total. The molecule has 0 bridgehead atoms. The van der Waals surface area contributed by atoms with Gasteiger partial charge in [-0.25, -0.2) is 0 Å². The first kappa shape index (κ1) is 8.94. The first-order chi connectivity index (χ1) is 4.66. The molecule has 58 valence electrons. The Hall–Kier alpha value is -1.06. The fraction of sp³-hybridized carbons (Fsp3) is 0.667. The van der Waals surface area contributed by atoms with Gasteiger partial charge in [-0.15, -0.1) is 0 Å². The van der Waals surface area contributed by atoms with Crippen molar-refractivity contribution in [3.8, 4) is 0 Å². The van der Waals surface area contributed by atoms with E-state index in [1.54, 1.807) is 0 Å². The van der Waals surface area contributed by atoms with Gasteiger partial charge in [0.15, 0.2) is 0 Å². The lowest BCUT2D eigenvalue weighted by molar-refractivity contribution is -0.145. The van der Waals surface area contributed by atoms with E-state index in [2.05, 4.69) is 4.74 Å². The third-order valence-electron chi connectivity index (χ3n) is 0.786. The summed E-state index contributed by atoms with van der Waals surface area (Å²) >= 11 is 0. The Balaban J connectivity index is 3.35. The van der Waals surface area contributed by atoms with Gasteiger partial charge >= 0.3 is 5.97 Å². The molecule has 0 aliphatic rings. The second kappa shape index (κ2) is 4.78. The number of ether oxygens (including phenoxy) is 1. The Morgan fingerprint density at radius 2 is 2.10 bits per heavy atom. The van der Waals surface area contributed by atoms with Crippen molar-refractivity contribution >= 4 is 11.9 Å². The summed E-state index contributed by atoms with van der Waals surface area (Å²) in [6.45, 7) is 2.23. The highest BCUT2D eigenvalue weighted by molar-refractivity contribution is 5.93. The maximum atomic E-state index is 10.5. The van der Waals surface area contributed by atoms with Crippen LogP contribution in [0.1, 0.15) is 19.8 Å². The summed E-state index contributed by atoms with van der Waals surface area (Å²) in [6.07, 6.45) is 0.435. The van der Waals surface area contributed by atoms with Crippen LogP contribution in [0.3, 0.4) is 0 Å². The second-order valence-corrected chi connectivity index (χ2v) is 1.86. The molecule has 1 amide bonds. The number of esters is 1. The quantitative estimate of drug-likeness (QED) is 0.440. The zero-order chi connectivity index (χ0) is 7.98. The van der Waals surface area contributed by atoms with Crippen molar-refractivity contribution in [1.82, 2.24) is 0 Å². The van der Waals surface area contributed by atoms with E-state index in [0.717, 1.165) is 6.42 Å². The minimum atomic E-state index is -0.652. The van der Waals surface area contributed by atoms with E-state index >= 15 is 0 Å². The van der Waals surface area contributed by atoms with Gasteiger partial charge in [0.25, 0.3) is 0 Å². The number of rotatable bonds is 4. The second-order valence-electron chi connectivity index (χ2n) is 1.86. The lowest BCUT2D eigenvalue weighted by Gasteiger charge is -1.98. The van der Waals surface area contributed by atoms with Crippen LogP contribution in [0.25, 0.3) is 0 Å². The van der Waals surface area contributed by atoms with Gasteiger partial charge in [-0.3, -0.25) is 9.59 Å². The molecule has 0 aromatic carbocycles. The number of nitrogens with two attached hydrogens (primary N) is 1. The van der Waals surface area contributed by atoms with Gasteiger partial charge < -0.3 is 10.5 Å². The van der Waals surface area contributed by atoms with Crippen LogP contribution in [0.15, 0.2) is 0 Å². The molecule has 0 heterocycles. The maximum Gasteiger partial charge on any atom is 0.315 e. The SMILES string of the molecule is CCCOC(=O)CC(N)=O. The van der Waals surface area contributed by atoms with Crippen LogP contribution < -0.4 is 5.73 Å². The van der Waals surface area contributed by atoms with Crippen molar-refractivity contribution in [2.45, 2.75) is 19.8 Å². The molecular weight excluding hydrogens is 134 g/mol. The molecule has 0 radical (unpaired) electrons. The molecule has 0 rings (SSSR count). The van der Waals surface area contributed by atoms with E-state index in [4.69, 9.17) is 5.73 Å². The highest BCUT2D eigenvalue weighted by atomic mass is 16.5. The average molecular weight is 145 g/mol. The molecule has 0 unspecified atom stereocenters. The molecule has 0 aliphatic heterocycles. The molecule has 0 spiro atoms. The average Bonchev–Trinajstić information content (AvgIpc) is 1.82. The molecule has 10 heavy (non-hydrogen) atoms. The van der Waals surface area contributed by atoms with E-state index in [9.17, 15) is 9.59 Å². The van der Waals surface area contributed by atoms with Gasteiger partial charge in [0.05, 0.1) is 6.61 Å². The summed E-state index contributed by atoms with van der Waals surface area (Å²) in [5.74, 6) is -1.20. The normalized spacial score (nSPS) is 8.90. The first-order valence-corrected chi connectivity index (χ1v) is 3.10. The molecule has 0 saturated carbocycles. The number of hydrogen-bond donors (Lipinski definition) is 1. The fourth-order valence-corrected chi connectivity index (χ4v) is 0.409. The minimum absolute atomic E-state index is 0.319. The topological polar surface area (TPSA) is 69.4 Å². The van der Waals surface area contributed by atoms with E-state index in [0.29, 0.717) is 6.61 Å². The lowest BCUT2D eigenvalue weighted by Crippen LogP contribution is -2.18. The molecule has 0 fully saturated rings. The Morgan fingerprint density at radius 1 is 1.50 bits per heavy atom. The summed E-state index contributed by atoms with van der Waals surface area (Å²) in [4.78, 5) is 20.6. The van der Waals surface area contributed by atoms with E-state index in [1.165, 1.54) is 0 Å². The predicted molar refractivity (Wildman–Crippen MR) is 35.1 cm³/mol. The third-order valence-corrected chi connectivity index (χ3v) is 0.786. The number of carbonyl (C=O) groups is 2. The number of primary amides is 1. The van der Waals surface area contributed by atoms with Crippen LogP contribution in [-0.2, 0) is 14.3 Å². The highest BCUT2D eigenvalue weighted by Crippen LogP contribution is 1.86. The minimum Gasteiger partial charge on any atom is -0.465 e. The smallest absolute Gasteiger partial charge is 0.315 e. The summed E-state index contributed by atoms with van der Waals surface area (Å²) in [6, 6.07) is 0. The molecular formula is C6H11NO3. The number of carbonyl (C=O) groups excluding carboxylic acids is 2. The zero-order valence-corrected chi connectivity index (χ0v) is 5.92. The summed E-state index contributed by atoms with van der Waals surface area (Å²) < 4.78 is 4.56. The Bertz CT molecular complexity index is 133. The number of hydrogen-bond acceptors (Lipinski definition) is 3. The molecule has 4 heteroatoms. The Kier molecular flexibility index (Phi) is 4.28. The van der Waals surface area contributed by atoms with Crippen LogP contribution in [0.2, 0.25) is 0 Å². The van der Waals surface area contributed by atoms with Crippen molar-refractivity contribution in [2.75, 3.05) is 6.61 Å². The zero-order valence-electron chi connectivity index (χ0n) is 5.92. The summed E-state index contributed by atoms with van der Waals surface area (Å²) in [5, 5.41) is 0. The van der Waals surface area contributed by atoms with Gasteiger partial charge in [0, 0.05) is 0 Å². The van der Waals surface area contributed by atoms with Crippen LogP contribution in [0, 0.1) is 0 Å². The van der Waals surface area contributed by atoms with Gasteiger partial charge in [-0.1, -0.05) is 6.92 Å². The first-order valence-electron chi connectivity index (χ1n) is 3.10. The molecule has 0 aromatic heterocycles. The van der Waals surface area contributed by atoms with E-state index in [1.807, 2.05) is 6.92 Å². The molecule has 0 aliphatic carbocycles. The van der Waals surface area contributed by atoms with Crippen molar-refractivity contribution < 1.29 is 14.3 Å². The van der Waals surface area contributed by atoms with E-state index < -0.39 is 11.9 Å². The molecule has 0 atom stereocenters. The van der Waals surface area contributed by atoms with Gasteiger partial charge in [-0.2, -0.15) is 0 Å². The van der Waals surface area contributed by atoms with Gasteiger partial charge in [-0.05, 0) is 6.42 Å². The predicted octanol–water partition coefficient (Wildman–Crippen LogP) is -0.185. The van der Waals surface area contributed by atoms with Gasteiger partial charge in [0.2, 0.25) is 5.91 Å². The molecule has 0 aromatic rings. The van der Waals surface area contributed by atoms with Crippen LogP contribution in [0.5, 0.6) is 0 Å². The van der Waals surface area contributed by atoms with Crippen molar-refractivity contribution in [3.05, 3.63) is 0 Å². The van der Waals surface area contributed by atoms with Crippen LogP contribution in [-0.4, -0.2) is 18.5 Å². The largest absolute Gasteiger partial charge is 0.465 e. The van der Waals surface area contributed by atoms with Crippen molar-refractivity contribution in [3.63, 3.8) is 0 Å². The Labute approximate surface area is 59.3 Å². The lowest BCUT2D eigenvalue weighted by atomic mass is 10.4. The number of amides is 1. The standard InChI is InChI=1S/C6H11NO3/c1-2-3-10-6(9)4-5(7)8/h2-4H2,1H3,(H2,7,8). The third kappa shape index (κ3) is 5.08. The maximum absolute atomic E-state index is 10.5. The van der Waals surface area contributed by atoms with Crippen LogP contribution >= 0.6 is 0 Å². The Morgan fingerprint density at radius 3 is 2.50 bits per heavy atom. The van der Waals surface area contributed by atoms with E-state index in [-0.39, 0.29) is 6.42 Å². The monoisotopic (exact) mass is 145 g/mol. The van der Waals surface area contributed by atoms with Gasteiger partial charge in [0.1, 0.15) is 6.42 Å². The summed E-state index contributed by atoms with van der Waals surface area (Å²) in [5.41, 5.74) is 4.73. The molecule has 4 nitrogen and oxygen atoms in total. The highest BCUT2D eigenvalue weighted by Gasteiger charge is 2.04. The fourth-order valence-electron chi connectivity index (χ4n) is 0.409. The summed E-state index contributed by atoms with van der Waals surface area (Å²) in [7, 11) is 0. The van der Waals surface area contributed by atoms with Crippen molar-refractivity contribution in [1.29, 1.82) is 0 Å². The molecule has 0 saturated heterocycles. The van der Waals surface area contributed by atoms with Crippen LogP contribution in [0.4, 0.5) is 0 Å².